The average Bonchev–Trinajstić information content (AvgIpc) is 3.09. The highest BCUT2D eigenvalue weighted by atomic mass is 35.5. The van der Waals surface area contributed by atoms with E-state index in [1.165, 1.54) is 7.11 Å². The van der Waals surface area contributed by atoms with Crippen LogP contribution in [0.2, 0.25) is 5.02 Å². The highest BCUT2D eigenvalue weighted by Gasteiger charge is 2.57. The molecular weight excluding hydrogens is 228 g/mol. The van der Waals surface area contributed by atoms with Crippen molar-refractivity contribution in [3.05, 3.63) is 34.9 Å². The third kappa shape index (κ3) is 1.71. The summed E-state index contributed by atoms with van der Waals surface area (Å²) in [5, 5.41) is 0.569. The molecule has 16 heavy (non-hydrogen) atoms. The maximum absolute atomic E-state index is 12.1. The first-order valence-electron chi connectivity index (χ1n) is 4.99. The number of esters is 1. The third-order valence-electron chi connectivity index (χ3n) is 2.87. The van der Waals surface area contributed by atoms with E-state index in [0.717, 1.165) is 0 Å². The van der Waals surface area contributed by atoms with E-state index in [0.29, 0.717) is 23.4 Å². The van der Waals surface area contributed by atoms with Crippen LogP contribution in [0, 0.1) is 5.41 Å². The van der Waals surface area contributed by atoms with Gasteiger partial charge in [0.2, 0.25) is 0 Å². The van der Waals surface area contributed by atoms with E-state index in [2.05, 4.69) is 4.74 Å². The van der Waals surface area contributed by atoms with Gasteiger partial charge in [-0.1, -0.05) is 11.6 Å². The average molecular weight is 239 g/mol. The van der Waals surface area contributed by atoms with Crippen molar-refractivity contribution in [2.45, 2.75) is 12.8 Å². The van der Waals surface area contributed by atoms with Gasteiger partial charge in [-0.25, -0.2) is 0 Å². The van der Waals surface area contributed by atoms with Gasteiger partial charge >= 0.3 is 5.97 Å². The number of hydrogen-bond donors (Lipinski definition) is 0. The Labute approximate surface area is 98.4 Å². The van der Waals surface area contributed by atoms with E-state index in [4.69, 9.17) is 11.6 Å². The van der Waals surface area contributed by atoms with Crippen LogP contribution in [0.25, 0.3) is 0 Å². The first-order valence-corrected chi connectivity index (χ1v) is 5.37. The molecule has 0 heterocycles. The van der Waals surface area contributed by atoms with Gasteiger partial charge < -0.3 is 4.74 Å². The molecule has 3 nitrogen and oxygen atoms in total. The molecule has 0 aromatic heterocycles. The summed E-state index contributed by atoms with van der Waals surface area (Å²) in [5.41, 5.74) is -0.421. The van der Waals surface area contributed by atoms with E-state index in [1.807, 2.05) is 0 Å². The Kier molecular flexibility index (Phi) is 2.72. The van der Waals surface area contributed by atoms with Crippen molar-refractivity contribution < 1.29 is 14.3 Å². The monoisotopic (exact) mass is 238 g/mol. The smallest absolute Gasteiger partial charge is 0.319 e. The lowest BCUT2D eigenvalue weighted by Gasteiger charge is -2.11. The minimum absolute atomic E-state index is 0.170. The number of hydrogen-bond acceptors (Lipinski definition) is 3. The molecule has 0 saturated heterocycles. The number of halogens is 1. The molecule has 1 aromatic carbocycles. The quantitative estimate of drug-likeness (QED) is 0.462. The predicted octanol–water partition coefficient (Wildman–Crippen LogP) is 2.48. The number of Topliss-reactive ketones (excluding diaryl/α,β-unsaturated/α-hetero) is 1. The van der Waals surface area contributed by atoms with Gasteiger partial charge in [-0.15, -0.1) is 0 Å². The Balaban J connectivity index is 2.26. The lowest BCUT2D eigenvalue weighted by Crippen LogP contribution is -2.27. The Morgan fingerprint density at radius 1 is 1.25 bits per heavy atom. The number of benzene rings is 1. The number of methoxy groups -OCH3 is 1. The molecule has 84 valence electrons. The molecule has 1 aliphatic carbocycles. The second-order valence-electron chi connectivity index (χ2n) is 3.91. The lowest BCUT2D eigenvalue weighted by atomic mass is 9.95. The first kappa shape index (κ1) is 11.1. The van der Waals surface area contributed by atoms with Crippen molar-refractivity contribution in [1.82, 2.24) is 0 Å². The number of rotatable bonds is 3. The van der Waals surface area contributed by atoms with Crippen molar-refractivity contribution >= 4 is 23.4 Å². The summed E-state index contributed by atoms with van der Waals surface area (Å²) in [6, 6.07) is 6.55. The largest absolute Gasteiger partial charge is 0.468 e. The van der Waals surface area contributed by atoms with Crippen molar-refractivity contribution in [2.75, 3.05) is 7.11 Å². The van der Waals surface area contributed by atoms with Crippen molar-refractivity contribution in [3.63, 3.8) is 0 Å². The van der Waals surface area contributed by atoms with Gasteiger partial charge in [0.25, 0.3) is 0 Å². The molecule has 0 N–H and O–H groups in total. The van der Waals surface area contributed by atoms with Gasteiger partial charge in [0.15, 0.2) is 5.78 Å². The van der Waals surface area contributed by atoms with Gasteiger partial charge in [0.1, 0.15) is 5.41 Å². The van der Waals surface area contributed by atoms with Crippen molar-refractivity contribution in [1.29, 1.82) is 0 Å². The van der Waals surface area contributed by atoms with Gasteiger partial charge in [0.05, 0.1) is 7.11 Å². The Hall–Kier alpha value is -1.35. The zero-order valence-corrected chi connectivity index (χ0v) is 9.58. The maximum Gasteiger partial charge on any atom is 0.319 e. The summed E-state index contributed by atoms with van der Waals surface area (Å²) in [7, 11) is 1.30. The Bertz CT molecular complexity index is 432. The molecule has 0 amide bonds. The molecule has 2 rings (SSSR count). The Morgan fingerprint density at radius 3 is 2.25 bits per heavy atom. The van der Waals surface area contributed by atoms with Crippen LogP contribution in [0.15, 0.2) is 24.3 Å². The van der Waals surface area contributed by atoms with Crippen LogP contribution in [0.1, 0.15) is 23.2 Å². The summed E-state index contributed by atoms with van der Waals surface area (Å²) in [4.78, 5) is 23.6. The zero-order valence-electron chi connectivity index (χ0n) is 8.83. The van der Waals surface area contributed by atoms with Gasteiger partial charge in [-0.3, -0.25) is 9.59 Å². The highest BCUT2D eigenvalue weighted by Crippen LogP contribution is 2.49. The maximum atomic E-state index is 12.1. The highest BCUT2D eigenvalue weighted by molar-refractivity contribution is 6.30. The minimum atomic E-state index is -0.928. The summed E-state index contributed by atoms with van der Waals surface area (Å²) in [6.45, 7) is 0. The van der Waals surface area contributed by atoms with Gasteiger partial charge in [-0.2, -0.15) is 0 Å². The van der Waals surface area contributed by atoms with E-state index < -0.39 is 11.4 Å². The fourth-order valence-electron chi connectivity index (χ4n) is 1.72. The molecular formula is C12H11ClO3. The minimum Gasteiger partial charge on any atom is -0.468 e. The molecule has 1 fully saturated rings. The van der Waals surface area contributed by atoms with Gasteiger partial charge in [0, 0.05) is 10.6 Å². The van der Waals surface area contributed by atoms with Crippen LogP contribution in [-0.4, -0.2) is 18.9 Å². The number of ether oxygens (including phenoxy) is 1. The summed E-state index contributed by atoms with van der Waals surface area (Å²) >= 11 is 5.73. The number of carbonyl (C=O) groups is 2. The fraction of sp³-hybridized carbons (Fsp3) is 0.333. The fourth-order valence-corrected chi connectivity index (χ4v) is 1.85. The molecule has 0 unspecified atom stereocenters. The van der Waals surface area contributed by atoms with Crippen LogP contribution in [0.5, 0.6) is 0 Å². The zero-order chi connectivity index (χ0) is 11.8. The molecule has 1 aliphatic rings. The SMILES string of the molecule is COC(=O)C1(C(=O)c2ccc(Cl)cc2)CC1. The molecule has 0 atom stereocenters. The Morgan fingerprint density at radius 2 is 1.81 bits per heavy atom. The topological polar surface area (TPSA) is 43.4 Å². The van der Waals surface area contributed by atoms with Crippen molar-refractivity contribution in [2.24, 2.45) is 5.41 Å². The molecule has 1 aromatic rings. The van der Waals surface area contributed by atoms with Crippen molar-refractivity contribution in [3.8, 4) is 0 Å². The summed E-state index contributed by atoms with van der Waals surface area (Å²) in [6.07, 6.45) is 1.14. The number of ketones is 1. The summed E-state index contributed by atoms with van der Waals surface area (Å²) in [5.74, 6) is -0.608. The standard InChI is InChI=1S/C12H11ClO3/c1-16-11(15)12(6-7-12)10(14)8-2-4-9(13)5-3-8/h2-5H,6-7H2,1H3. The van der Waals surface area contributed by atoms with Crippen LogP contribution in [0.4, 0.5) is 0 Å². The lowest BCUT2D eigenvalue weighted by molar-refractivity contribution is -0.145. The predicted molar refractivity (Wildman–Crippen MR) is 59.5 cm³/mol. The van der Waals surface area contributed by atoms with E-state index in [-0.39, 0.29) is 5.78 Å². The second kappa shape index (κ2) is 3.91. The van der Waals surface area contributed by atoms with Crippen LogP contribution in [0.3, 0.4) is 0 Å². The normalized spacial score (nSPS) is 16.6. The summed E-state index contributed by atoms with van der Waals surface area (Å²) < 4.78 is 4.66. The third-order valence-corrected chi connectivity index (χ3v) is 3.12. The molecule has 0 aliphatic heterocycles. The van der Waals surface area contributed by atoms with E-state index >= 15 is 0 Å². The molecule has 0 radical (unpaired) electrons. The van der Waals surface area contributed by atoms with E-state index in [9.17, 15) is 9.59 Å². The molecule has 0 spiro atoms. The van der Waals surface area contributed by atoms with Crippen LogP contribution >= 0.6 is 11.6 Å². The van der Waals surface area contributed by atoms with Crippen LogP contribution in [-0.2, 0) is 9.53 Å². The van der Waals surface area contributed by atoms with Crippen LogP contribution < -0.4 is 0 Å². The molecule has 4 heteroatoms. The molecule has 0 bridgehead atoms. The molecule has 1 saturated carbocycles. The van der Waals surface area contributed by atoms with E-state index in [1.54, 1.807) is 24.3 Å². The first-order chi connectivity index (χ1) is 7.60. The van der Waals surface area contributed by atoms with Gasteiger partial charge in [-0.05, 0) is 37.1 Å². The second-order valence-corrected chi connectivity index (χ2v) is 4.35. The number of carbonyl (C=O) groups excluding carboxylic acids is 2.